The summed E-state index contributed by atoms with van der Waals surface area (Å²) in [5.74, 6) is 2.64. The minimum absolute atomic E-state index is 0.340. The van der Waals surface area contributed by atoms with E-state index in [1.54, 1.807) is 0 Å². The molecule has 7 heteroatoms. The van der Waals surface area contributed by atoms with E-state index >= 15 is 0 Å². The van der Waals surface area contributed by atoms with Gasteiger partial charge in [-0.15, -0.1) is 10.2 Å². The highest BCUT2D eigenvalue weighted by Gasteiger charge is 2.33. The zero-order chi connectivity index (χ0) is 18.1. The van der Waals surface area contributed by atoms with Crippen LogP contribution in [0.15, 0.2) is 4.99 Å². The normalized spacial score (nSPS) is 17.0. The van der Waals surface area contributed by atoms with Crippen molar-refractivity contribution in [1.82, 2.24) is 25.4 Å². The van der Waals surface area contributed by atoms with Crippen molar-refractivity contribution in [3.8, 4) is 0 Å². The van der Waals surface area contributed by atoms with Gasteiger partial charge < -0.3 is 19.9 Å². The number of aryl methyl sites for hydroxylation is 1. The van der Waals surface area contributed by atoms with E-state index in [-0.39, 0.29) is 0 Å². The molecule has 2 rings (SSSR count). The Kier molecular flexibility index (Phi) is 7.68. The average Bonchev–Trinajstić information content (AvgIpc) is 3.19. The fourth-order valence-electron chi connectivity index (χ4n) is 3.42. The van der Waals surface area contributed by atoms with Crippen molar-refractivity contribution in [3.63, 3.8) is 0 Å². The monoisotopic (exact) mass is 350 g/mol. The van der Waals surface area contributed by atoms with Gasteiger partial charge in [0.25, 0.3) is 0 Å². The number of guanidine groups is 1. The van der Waals surface area contributed by atoms with Crippen molar-refractivity contribution in [2.45, 2.75) is 59.4 Å². The third-order valence-electron chi connectivity index (χ3n) is 5.18. The van der Waals surface area contributed by atoms with E-state index in [1.807, 2.05) is 18.5 Å². The van der Waals surface area contributed by atoms with E-state index in [9.17, 15) is 0 Å². The van der Waals surface area contributed by atoms with Crippen LogP contribution < -0.4 is 10.6 Å². The molecule has 0 aliphatic heterocycles. The van der Waals surface area contributed by atoms with Crippen LogP contribution in [0.4, 0.5) is 0 Å². The molecule has 7 nitrogen and oxygen atoms in total. The molecule has 1 aromatic heterocycles. The minimum atomic E-state index is 0.340. The summed E-state index contributed by atoms with van der Waals surface area (Å²) in [6.45, 7) is 10.1. The lowest BCUT2D eigenvalue weighted by atomic mass is 9.83. The van der Waals surface area contributed by atoms with Gasteiger partial charge in [-0.1, -0.05) is 12.8 Å². The fourth-order valence-corrected chi connectivity index (χ4v) is 3.42. The van der Waals surface area contributed by atoms with E-state index in [4.69, 9.17) is 4.74 Å². The van der Waals surface area contributed by atoms with E-state index in [0.717, 1.165) is 50.3 Å². The second kappa shape index (κ2) is 9.75. The molecule has 0 radical (unpaired) electrons. The lowest BCUT2D eigenvalue weighted by molar-refractivity contribution is 0.105. The number of aromatic nitrogens is 3. The summed E-state index contributed by atoms with van der Waals surface area (Å²) in [7, 11) is 1.97. The van der Waals surface area contributed by atoms with Gasteiger partial charge in [0.05, 0.1) is 0 Å². The van der Waals surface area contributed by atoms with Crippen LogP contribution in [0.1, 0.15) is 57.6 Å². The molecule has 1 aliphatic rings. The number of nitrogens with one attached hydrogen (secondary N) is 2. The maximum Gasteiger partial charge on any atom is 0.191 e. The van der Waals surface area contributed by atoms with E-state index in [0.29, 0.717) is 12.0 Å². The summed E-state index contributed by atoms with van der Waals surface area (Å²) in [6.07, 6.45) is 6.30. The molecular formula is C18H34N6O. The Bertz CT molecular complexity index is 548. The van der Waals surface area contributed by atoms with Crippen LogP contribution in [0.3, 0.4) is 0 Å². The highest BCUT2D eigenvalue weighted by atomic mass is 16.5. The summed E-state index contributed by atoms with van der Waals surface area (Å²) in [5.41, 5.74) is 0.340. The molecule has 1 heterocycles. The summed E-state index contributed by atoms with van der Waals surface area (Å²) >= 11 is 0. The lowest BCUT2D eigenvalue weighted by Gasteiger charge is -2.30. The number of nitrogens with zero attached hydrogens (tertiary/aromatic N) is 4. The van der Waals surface area contributed by atoms with Gasteiger partial charge in [0, 0.05) is 33.4 Å². The van der Waals surface area contributed by atoms with Gasteiger partial charge in [0.15, 0.2) is 11.8 Å². The molecular weight excluding hydrogens is 316 g/mol. The van der Waals surface area contributed by atoms with Crippen LogP contribution in [0.25, 0.3) is 0 Å². The molecule has 0 spiro atoms. The number of rotatable bonds is 9. The number of ether oxygens (including phenoxy) is 1. The first-order valence-electron chi connectivity index (χ1n) is 9.55. The van der Waals surface area contributed by atoms with E-state index in [2.05, 4.69) is 39.7 Å². The number of hydrogen-bond donors (Lipinski definition) is 2. The summed E-state index contributed by atoms with van der Waals surface area (Å²) in [6, 6.07) is 0. The van der Waals surface area contributed by atoms with E-state index < -0.39 is 0 Å². The first-order chi connectivity index (χ1) is 12.1. The van der Waals surface area contributed by atoms with Crippen LogP contribution in [0, 0.1) is 12.3 Å². The quantitative estimate of drug-likeness (QED) is 0.405. The Morgan fingerprint density at radius 2 is 2.00 bits per heavy atom. The topological polar surface area (TPSA) is 76.4 Å². The minimum Gasteiger partial charge on any atom is -0.382 e. The summed E-state index contributed by atoms with van der Waals surface area (Å²) in [4.78, 5) is 4.69. The molecule has 0 bridgehead atoms. The second-order valence-electron chi connectivity index (χ2n) is 6.93. The van der Waals surface area contributed by atoms with Crippen molar-refractivity contribution in [3.05, 3.63) is 11.6 Å². The Balaban J connectivity index is 1.94. The molecule has 0 aromatic carbocycles. The van der Waals surface area contributed by atoms with Crippen LogP contribution in [-0.4, -0.2) is 47.0 Å². The van der Waals surface area contributed by atoms with Gasteiger partial charge in [-0.2, -0.15) is 0 Å². The predicted octanol–water partition coefficient (Wildman–Crippen LogP) is 2.17. The van der Waals surface area contributed by atoms with E-state index in [1.165, 1.54) is 25.7 Å². The maximum absolute atomic E-state index is 5.60. The lowest BCUT2D eigenvalue weighted by Crippen LogP contribution is -2.43. The summed E-state index contributed by atoms with van der Waals surface area (Å²) in [5, 5.41) is 15.2. The van der Waals surface area contributed by atoms with Gasteiger partial charge in [0.1, 0.15) is 12.4 Å². The molecule has 1 saturated carbocycles. The number of hydrogen-bond acceptors (Lipinski definition) is 4. The van der Waals surface area contributed by atoms with Gasteiger partial charge in [-0.3, -0.25) is 0 Å². The molecule has 0 unspecified atom stereocenters. The third kappa shape index (κ3) is 5.70. The predicted molar refractivity (Wildman–Crippen MR) is 101 cm³/mol. The van der Waals surface area contributed by atoms with Gasteiger partial charge >= 0.3 is 0 Å². The van der Waals surface area contributed by atoms with Crippen LogP contribution in [0.2, 0.25) is 0 Å². The van der Waals surface area contributed by atoms with Crippen LogP contribution in [0.5, 0.6) is 0 Å². The van der Waals surface area contributed by atoms with Crippen molar-refractivity contribution in [2.24, 2.45) is 17.5 Å². The molecule has 0 amide bonds. The maximum atomic E-state index is 5.60. The van der Waals surface area contributed by atoms with Crippen molar-refractivity contribution < 1.29 is 4.74 Å². The molecule has 0 saturated heterocycles. The first kappa shape index (κ1) is 19.7. The van der Waals surface area contributed by atoms with Crippen LogP contribution >= 0.6 is 0 Å². The Labute approximate surface area is 151 Å². The Morgan fingerprint density at radius 3 is 2.60 bits per heavy atom. The summed E-state index contributed by atoms with van der Waals surface area (Å²) < 4.78 is 7.58. The Morgan fingerprint density at radius 1 is 1.24 bits per heavy atom. The highest BCUT2D eigenvalue weighted by Crippen LogP contribution is 2.40. The van der Waals surface area contributed by atoms with Crippen molar-refractivity contribution in [1.29, 1.82) is 0 Å². The molecule has 0 atom stereocenters. The van der Waals surface area contributed by atoms with Crippen molar-refractivity contribution in [2.75, 3.05) is 26.3 Å². The zero-order valence-corrected chi connectivity index (χ0v) is 16.3. The number of aliphatic imine (C=N–C) groups is 1. The fraction of sp³-hybridized carbons (Fsp3) is 0.833. The molecule has 1 aliphatic carbocycles. The average molecular weight is 351 g/mol. The molecule has 142 valence electrons. The van der Waals surface area contributed by atoms with Gasteiger partial charge in [0.2, 0.25) is 0 Å². The largest absolute Gasteiger partial charge is 0.382 e. The second-order valence-corrected chi connectivity index (χ2v) is 6.93. The molecule has 1 aromatic rings. The molecule has 1 fully saturated rings. The van der Waals surface area contributed by atoms with Crippen LogP contribution in [-0.2, 0) is 18.3 Å². The van der Waals surface area contributed by atoms with Crippen molar-refractivity contribution >= 4 is 5.96 Å². The highest BCUT2D eigenvalue weighted by molar-refractivity contribution is 5.79. The molecule has 25 heavy (non-hydrogen) atoms. The van der Waals surface area contributed by atoms with Gasteiger partial charge in [-0.05, 0) is 45.4 Å². The Hall–Kier alpha value is -1.63. The molecule has 2 N–H and O–H groups in total. The SMILES string of the molecule is CCNC(=NCc1nnc(C)n1C)NCC1(CCOCC)CCCC1. The van der Waals surface area contributed by atoms with Gasteiger partial charge in [-0.25, -0.2) is 4.99 Å². The third-order valence-corrected chi connectivity index (χ3v) is 5.18. The zero-order valence-electron chi connectivity index (χ0n) is 16.3. The first-order valence-corrected chi connectivity index (χ1v) is 9.55. The smallest absolute Gasteiger partial charge is 0.191 e. The standard InChI is InChI=1S/C18H34N6O/c1-5-19-17(20-13-16-23-22-15(3)24(16)4)21-14-18(9-7-8-10-18)11-12-25-6-2/h5-14H2,1-4H3,(H2,19,20,21).